The van der Waals surface area contributed by atoms with E-state index in [0.29, 0.717) is 28.6 Å². The van der Waals surface area contributed by atoms with Crippen LogP contribution >= 0.6 is 0 Å². The number of halogens is 3. The molecule has 0 radical (unpaired) electrons. The molecule has 1 amide bonds. The van der Waals surface area contributed by atoms with Gasteiger partial charge in [0.2, 0.25) is 5.91 Å². The van der Waals surface area contributed by atoms with Gasteiger partial charge in [-0.05, 0) is 29.8 Å². The number of nitrogens with two attached hydrogens (primary N) is 1. The molecule has 0 unspecified atom stereocenters. The van der Waals surface area contributed by atoms with Crippen LogP contribution in [0.2, 0.25) is 0 Å². The molecule has 0 aliphatic heterocycles. The molecular formula is C23H19F3N2O3. The molecule has 0 bridgehead atoms. The lowest BCUT2D eigenvalue weighted by atomic mass is 10.0. The Bertz CT molecular complexity index is 1280. The van der Waals surface area contributed by atoms with Crippen LogP contribution in [-0.4, -0.2) is 23.9 Å². The number of benzene rings is 3. The van der Waals surface area contributed by atoms with Gasteiger partial charge in [-0.2, -0.15) is 0 Å². The van der Waals surface area contributed by atoms with E-state index in [-0.39, 0.29) is 12.3 Å². The topological polar surface area (TPSA) is 66.5 Å². The summed E-state index contributed by atoms with van der Waals surface area (Å²) in [5, 5.41) is 1.43. The number of nitrogens with zero attached hydrogens (tertiary/aromatic N) is 1. The molecule has 1 heterocycles. The van der Waals surface area contributed by atoms with Crippen LogP contribution in [0.3, 0.4) is 0 Å². The summed E-state index contributed by atoms with van der Waals surface area (Å²) in [7, 11) is 1.58. The van der Waals surface area contributed by atoms with E-state index in [9.17, 15) is 18.0 Å². The van der Waals surface area contributed by atoms with Gasteiger partial charge in [0.05, 0.1) is 18.7 Å². The number of carbonyl (C=O) groups excluding carboxylic acids is 1. The number of hydrogen-bond acceptors (Lipinski definition) is 3. The second-order valence-corrected chi connectivity index (χ2v) is 7.09. The van der Waals surface area contributed by atoms with Crippen LogP contribution in [0.1, 0.15) is 21.5 Å². The van der Waals surface area contributed by atoms with Crippen molar-refractivity contribution in [3.05, 3.63) is 77.4 Å². The zero-order valence-electron chi connectivity index (χ0n) is 16.6. The van der Waals surface area contributed by atoms with Crippen LogP contribution in [0.4, 0.5) is 13.2 Å². The quantitative estimate of drug-likeness (QED) is 0.471. The molecule has 0 spiro atoms. The summed E-state index contributed by atoms with van der Waals surface area (Å²) in [6.07, 6.45) is -4.80. The first kappa shape index (κ1) is 20.7. The molecule has 0 saturated carbocycles. The number of alkyl halides is 3. The summed E-state index contributed by atoms with van der Waals surface area (Å²) < 4.78 is 50.0. The van der Waals surface area contributed by atoms with E-state index in [1.54, 1.807) is 31.4 Å². The summed E-state index contributed by atoms with van der Waals surface area (Å²) in [5.74, 6) is -0.851. The lowest BCUT2D eigenvalue weighted by Crippen LogP contribution is -2.18. The predicted octanol–water partition coefficient (Wildman–Crippen LogP) is 4.99. The fourth-order valence-corrected chi connectivity index (χ4v) is 3.85. The Kier molecular flexibility index (Phi) is 5.32. The van der Waals surface area contributed by atoms with E-state index < -0.39 is 12.3 Å². The van der Waals surface area contributed by atoms with E-state index in [1.165, 1.54) is 12.1 Å². The van der Waals surface area contributed by atoms with E-state index >= 15 is 0 Å². The summed E-state index contributed by atoms with van der Waals surface area (Å²) in [4.78, 5) is 12.1. The number of amides is 1. The van der Waals surface area contributed by atoms with Crippen LogP contribution in [0.15, 0.2) is 60.7 Å². The fourth-order valence-electron chi connectivity index (χ4n) is 3.85. The van der Waals surface area contributed by atoms with Crippen molar-refractivity contribution in [3.63, 3.8) is 0 Å². The molecule has 1 aromatic heterocycles. The Morgan fingerprint density at radius 2 is 1.81 bits per heavy atom. The van der Waals surface area contributed by atoms with Crippen molar-refractivity contribution < 1.29 is 27.4 Å². The standard InChI is InChI=1S/C23H19F3N2O3/c1-30-13-14-9-10-16-19(11-14)28(18-7-4-6-17(21(16)18)22(27)29)12-15-5-2-3-8-20(15)31-23(24,25)26/h2-11H,12-13H2,1H3,(H2,27,29). The summed E-state index contributed by atoms with van der Waals surface area (Å²) >= 11 is 0. The van der Waals surface area contributed by atoms with Crippen LogP contribution in [-0.2, 0) is 17.9 Å². The number of para-hydroxylation sites is 1. The number of rotatable bonds is 6. The third-order valence-electron chi connectivity index (χ3n) is 5.06. The third kappa shape index (κ3) is 4.06. The van der Waals surface area contributed by atoms with Crippen LogP contribution in [0.5, 0.6) is 5.75 Å². The molecule has 0 atom stereocenters. The normalized spacial score (nSPS) is 11.9. The van der Waals surface area contributed by atoms with E-state index in [0.717, 1.165) is 16.5 Å². The maximum absolute atomic E-state index is 12.9. The van der Waals surface area contributed by atoms with Gasteiger partial charge in [0.1, 0.15) is 5.75 Å². The van der Waals surface area contributed by atoms with Crippen LogP contribution in [0.25, 0.3) is 21.8 Å². The molecule has 8 heteroatoms. The van der Waals surface area contributed by atoms with Gasteiger partial charge in [-0.15, -0.1) is 13.2 Å². The van der Waals surface area contributed by atoms with Gasteiger partial charge < -0.3 is 19.8 Å². The van der Waals surface area contributed by atoms with Crippen LogP contribution in [0, 0.1) is 0 Å². The van der Waals surface area contributed by atoms with Crippen molar-refractivity contribution in [3.8, 4) is 5.75 Å². The van der Waals surface area contributed by atoms with Gasteiger partial charge in [0.25, 0.3) is 0 Å². The smallest absolute Gasteiger partial charge is 0.405 e. The molecule has 0 aliphatic carbocycles. The van der Waals surface area contributed by atoms with Gasteiger partial charge in [0.15, 0.2) is 0 Å². The molecule has 3 aromatic carbocycles. The predicted molar refractivity (Wildman–Crippen MR) is 111 cm³/mol. The number of methoxy groups -OCH3 is 1. The highest BCUT2D eigenvalue weighted by Crippen LogP contribution is 2.35. The third-order valence-corrected chi connectivity index (χ3v) is 5.06. The van der Waals surface area contributed by atoms with E-state index in [2.05, 4.69) is 4.74 Å². The van der Waals surface area contributed by atoms with Crippen molar-refractivity contribution in [1.82, 2.24) is 4.57 Å². The highest BCUT2D eigenvalue weighted by Gasteiger charge is 2.32. The van der Waals surface area contributed by atoms with Gasteiger partial charge in [-0.25, -0.2) is 0 Å². The zero-order valence-corrected chi connectivity index (χ0v) is 16.6. The highest BCUT2D eigenvalue weighted by molar-refractivity contribution is 6.18. The van der Waals surface area contributed by atoms with Crippen molar-refractivity contribution >= 4 is 27.7 Å². The summed E-state index contributed by atoms with van der Waals surface area (Å²) in [6.45, 7) is 0.471. The largest absolute Gasteiger partial charge is 0.573 e. The zero-order chi connectivity index (χ0) is 22.2. The minimum absolute atomic E-state index is 0.102. The first-order chi connectivity index (χ1) is 14.8. The van der Waals surface area contributed by atoms with E-state index in [4.69, 9.17) is 10.5 Å². The minimum atomic E-state index is -4.80. The van der Waals surface area contributed by atoms with Gasteiger partial charge in [-0.3, -0.25) is 4.79 Å². The number of primary amides is 1. The van der Waals surface area contributed by atoms with Gasteiger partial charge >= 0.3 is 6.36 Å². The molecule has 0 fully saturated rings. The van der Waals surface area contributed by atoms with E-state index in [1.807, 2.05) is 28.8 Å². The Balaban J connectivity index is 1.96. The minimum Gasteiger partial charge on any atom is -0.405 e. The fraction of sp³-hybridized carbons (Fsp3) is 0.174. The van der Waals surface area contributed by atoms with Crippen molar-refractivity contribution in [2.45, 2.75) is 19.5 Å². The monoisotopic (exact) mass is 428 g/mol. The lowest BCUT2D eigenvalue weighted by Gasteiger charge is -2.15. The maximum atomic E-state index is 12.9. The van der Waals surface area contributed by atoms with Crippen LogP contribution < -0.4 is 10.5 Å². The molecule has 0 saturated heterocycles. The molecule has 160 valence electrons. The second kappa shape index (κ2) is 7.96. The second-order valence-electron chi connectivity index (χ2n) is 7.09. The molecule has 4 aromatic rings. The Morgan fingerprint density at radius 1 is 1.03 bits per heavy atom. The number of carbonyl (C=O) groups is 1. The number of aromatic nitrogens is 1. The molecular weight excluding hydrogens is 409 g/mol. The van der Waals surface area contributed by atoms with Gasteiger partial charge in [0, 0.05) is 34.5 Å². The Labute approximate surface area is 175 Å². The first-order valence-electron chi connectivity index (χ1n) is 9.44. The lowest BCUT2D eigenvalue weighted by molar-refractivity contribution is -0.274. The molecule has 4 rings (SSSR count). The average Bonchev–Trinajstić information content (AvgIpc) is 3.02. The number of fused-ring (bicyclic) bond motifs is 3. The number of hydrogen-bond donors (Lipinski definition) is 1. The summed E-state index contributed by atoms with van der Waals surface area (Å²) in [6, 6.07) is 16.8. The van der Waals surface area contributed by atoms with Gasteiger partial charge in [-0.1, -0.05) is 36.4 Å². The number of ether oxygens (including phenoxy) is 2. The Hall–Kier alpha value is -3.52. The molecule has 0 aliphatic rings. The highest BCUT2D eigenvalue weighted by atomic mass is 19.4. The average molecular weight is 428 g/mol. The summed E-state index contributed by atoms with van der Waals surface area (Å²) in [5.41, 5.74) is 8.61. The maximum Gasteiger partial charge on any atom is 0.573 e. The molecule has 31 heavy (non-hydrogen) atoms. The first-order valence-corrected chi connectivity index (χ1v) is 9.44. The SMILES string of the molecule is COCc1ccc2c3c(C(N)=O)cccc3n(Cc3ccccc3OC(F)(F)F)c2c1. The molecule has 5 nitrogen and oxygen atoms in total. The van der Waals surface area contributed by atoms with Crippen molar-refractivity contribution in [2.75, 3.05) is 7.11 Å². The molecule has 2 N–H and O–H groups in total. The van der Waals surface area contributed by atoms with Crippen molar-refractivity contribution in [2.24, 2.45) is 5.73 Å². The Morgan fingerprint density at radius 3 is 2.52 bits per heavy atom. The van der Waals surface area contributed by atoms with Crippen molar-refractivity contribution in [1.29, 1.82) is 0 Å².